The molecule has 2 rings (SSSR count). The molecule has 0 aliphatic rings. The molecular formula is C11H8Cl2N2O. The van der Waals surface area contributed by atoms with E-state index >= 15 is 0 Å². The van der Waals surface area contributed by atoms with Crippen molar-refractivity contribution in [3.05, 3.63) is 45.7 Å². The number of halogens is 2. The van der Waals surface area contributed by atoms with Gasteiger partial charge in [-0.15, -0.1) is 0 Å². The van der Waals surface area contributed by atoms with Crippen LogP contribution in [-0.2, 0) is 0 Å². The molecule has 0 aliphatic carbocycles. The van der Waals surface area contributed by atoms with Crippen molar-refractivity contribution in [3.8, 4) is 5.69 Å². The zero-order valence-corrected chi connectivity index (χ0v) is 9.96. The summed E-state index contributed by atoms with van der Waals surface area (Å²) in [7, 11) is 0. The van der Waals surface area contributed by atoms with Gasteiger partial charge in [0.05, 0.1) is 10.0 Å². The predicted octanol–water partition coefficient (Wildman–Crippen LogP) is 3.30. The molecule has 0 bridgehead atoms. The molecule has 16 heavy (non-hydrogen) atoms. The largest absolute Gasteiger partial charge is 0.296 e. The Morgan fingerprint density at radius 2 is 1.94 bits per heavy atom. The Morgan fingerprint density at radius 1 is 1.31 bits per heavy atom. The number of aryl methyl sites for hydroxylation is 1. The van der Waals surface area contributed by atoms with Crippen molar-refractivity contribution < 1.29 is 4.79 Å². The quantitative estimate of drug-likeness (QED) is 0.771. The molecule has 0 N–H and O–H groups in total. The summed E-state index contributed by atoms with van der Waals surface area (Å²) in [5.74, 6) is 0. The molecule has 0 saturated carbocycles. The zero-order chi connectivity index (χ0) is 11.7. The van der Waals surface area contributed by atoms with Crippen LogP contribution in [0.25, 0.3) is 5.69 Å². The van der Waals surface area contributed by atoms with Crippen LogP contribution in [0.4, 0.5) is 0 Å². The molecule has 0 aliphatic heterocycles. The number of aromatic nitrogens is 2. The molecule has 82 valence electrons. The van der Waals surface area contributed by atoms with Crippen molar-refractivity contribution in [2.24, 2.45) is 0 Å². The van der Waals surface area contributed by atoms with Crippen LogP contribution in [0.15, 0.2) is 24.3 Å². The minimum atomic E-state index is 0.355. The summed E-state index contributed by atoms with van der Waals surface area (Å²) >= 11 is 12.1. The van der Waals surface area contributed by atoms with E-state index in [0.29, 0.717) is 27.7 Å². The fraction of sp³-hybridized carbons (Fsp3) is 0.0909. The average Bonchev–Trinajstić information content (AvgIpc) is 2.60. The number of para-hydroxylation sites is 1. The van der Waals surface area contributed by atoms with Crippen molar-refractivity contribution in [1.82, 2.24) is 9.78 Å². The molecule has 1 heterocycles. The maximum atomic E-state index is 10.6. The summed E-state index contributed by atoms with van der Waals surface area (Å²) in [5.41, 5.74) is 1.75. The van der Waals surface area contributed by atoms with Gasteiger partial charge in [0, 0.05) is 5.69 Å². The normalized spacial score (nSPS) is 10.4. The Kier molecular flexibility index (Phi) is 2.99. The molecule has 0 fully saturated rings. The highest BCUT2D eigenvalue weighted by molar-refractivity contribution is 6.37. The number of hydrogen-bond acceptors (Lipinski definition) is 2. The summed E-state index contributed by atoms with van der Waals surface area (Å²) in [5, 5.41) is 5.09. The molecular weight excluding hydrogens is 247 g/mol. The lowest BCUT2D eigenvalue weighted by Gasteiger charge is -2.08. The van der Waals surface area contributed by atoms with Gasteiger partial charge in [0.1, 0.15) is 11.4 Å². The van der Waals surface area contributed by atoms with Crippen LogP contribution in [0.2, 0.25) is 10.0 Å². The van der Waals surface area contributed by atoms with Crippen LogP contribution >= 0.6 is 23.2 Å². The first kappa shape index (κ1) is 11.2. The number of rotatable bonds is 2. The van der Waals surface area contributed by atoms with Crippen molar-refractivity contribution in [2.75, 3.05) is 0 Å². The van der Waals surface area contributed by atoms with Gasteiger partial charge >= 0.3 is 0 Å². The standard InChI is InChI=1S/C11H8Cl2N2O/c1-7-5-8(6-16)14-15(7)11-9(12)3-2-4-10(11)13/h2-6H,1H3. The molecule has 1 aromatic carbocycles. The van der Waals surface area contributed by atoms with Gasteiger partial charge in [0.2, 0.25) is 0 Å². The van der Waals surface area contributed by atoms with Crippen LogP contribution < -0.4 is 0 Å². The van der Waals surface area contributed by atoms with Crippen LogP contribution in [-0.4, -0.2) is 16.1 Å². The van der Waals surface area contributed by atoms with Gasteiger partial charge in [0.25, 0.3) is 0 Å². The Bertz CT molecular complexity index is 529. The second kappa shape index (κ2) is 4.28. The van der Waals surface area contributed by atoms with E-state index in [0.717, 1.165) is 5.69 Å². The fourth-order valence-corrected chi connectivity index (χ4v) is 2.03. The molecule has 2 aromatic rings. The van der Waals surface area contributed by atoms with Gasteiger partial charge < -0.3 is 0 Å². The van der Waals surface area contributed by atoms with Crippen molar-refractivity contribution in [2.45, 2.75) is 6.92 Å². The number of carbonyl (C=O) groups is 1. The summed E-state index contributed by atoms with van der Waals surface area (Å²) < 4.78 is 1.56. The highest BCUT2D eigenvalue weighted by Gasteiger charge is 2.12. The van der Waals surface area contributed by atoms with Crippen molar-refractivity contribution in [1.29, 1.82) is 0 Å². The van der Waals surface area contributed by atoms with Crippen LogP contribution in [0.1, 0.15) is 16.2 Å². The van der Waals surface area contributed by atoms with Gasteiger partial charge in [-0.05, 0) is 25.1 Å². The summed E-state index contributed by atoms with van der Waals surface area (Å²) in [4.78, 5) is 10.6. The number of hydrogen-bond donors (Lipinski definition) is 0. The van der Waals surface area contributed by atoms with Crippen LogP contribution in [0.5, 0.6) is 0 Å². The number of benzene rings is 1. The van der Waals surface area contributed by atoms with Gasteiger partial charge in [-0.3, -0.25) is 4.79 Å². The van der Waals surface area contributed by atoms with Gasteiger partial charge in [0.15, 0.2) is 6.29 Å². The van der Waals surface area contributed by atoms with Gasteiger partial charge in [-0.1, -0.05) is 29.3 Å². The average molecular weight is 255 g/mol. The highest BCUT2D eigenvalue weighted by Crippen LogP contribution is 2.28. The third-order valence-corrected chi connectivity index (χ3v) is 2.79. The first-order valence-corrected chi connectivity index (χ1v) is 5.35. The number of nitrogens with zero attached hydrogens (tertiary/aromatic N) is 2. The van der Waals surface area contributed by atoms with E-state index < -0.39 is 0 Å². The zero-order valence-electron chi connectivity index (χ0n) is 8.45. The Morgan fingerprint density at radius 3 is 2.44 bits per heavy atom. The van der Waals surface area contributed by atoms with Crippen LogP contribution in [0.3, 0.4) is 0 Å². The second-order valence-corrected chi connectivity index (χ2v) is 4.12. The third kappa shape index (κ3) is 1.84. The molecule has 1 aromatic heterocycles. The molecule has 0 saturated heterocycles. The van der Waals surface area contributed by atoms with Crippen LogP contribution in [0, 0.1) is 6.92 Å². The van der Waals surface area contributed by atoms with E-state index in [1.807, 2.05) is 6.92 Å². The molecule has 3 nitrogen and oxygen atoms in total. The highest BCUT2D eigenvalue weighted by atomic mass is 35.5. The van der Waals surface area contributed by atoms with Gasteiger partial charge in [-0.2, -0.15) is 5.10 Å². The smallest absolute Gasteiger partial charge is 0.170 e. The Balaban J connectivity index is 2.66. The SMILES string of the molecule is Cc1cc(C=O)nn1-c1c(Cl)cccc1Cl. The predicted molar refractivity (Wildman–Crippen MR) is 63.7 cm³/mol. The Labute approximate surface area is 103 Å². The molecule has 0 amide bonds. The maximum Gasteiger partial charge on any atom is 0.170 e. The van der Waals surface area contributed by atoms with E-state index in [1.165, 1.54) is 0 Å². The molecule has 5 heteroatoms. The third-order valence-electron chi connectivity index (χ3n) is 2.18. The number of aldehydes is 1. The second-order valence-electron chi connectivity index (χ2n) is 3.31. The Hall–Kier alpha value is -1.32. The fourth-order valence-electron chi connectivity index (χ4n) is 1.47. The van der Waals surface area contributed by atoms with Crippen molar-refractivity contribution in [3.63, 3.8) is 0 Å². The first-order valence-electron chi connectivity index (χ1n) is 4.59. The van der Waals surface area contributed by atoms with E-state index in [1.54, 1.807) is 28.9 Å². The van der Waals surface area contributed by atoms with Crippen molar-refractivity contribution >= 4 is 29.5 Å². The molecule has 0 radical (unpaired) electrons. The molecule has 0 spiro atoms. The summed E-state index contributed by atoms with van der Waals surface area (Å²) in [6, 6.07) is 6.88. The van der Waals surface area contributed by atoms with E-state index in [-0.39, 0.29) is 0 Å². The molecule has 0 unspecified atom stereocenters. The van der Waals surface area contributed by atoms with Gasteiger partial charge in [-0.25, -0.2) is 4.68 Å². The maximum absolute atomic E-state index is 10.6. The minimum Gasteiger partial charge on any atom is -0.296 e. The van der Waals surface area contributed by atoms with E-state index in [2.05, 4.69) is 5.10 Å². The molecule has 0 atom stereocenters. The minimum absolute atomic E-state index is 0.355. The topological polar surface area (TPSA) is 34.9 Å². The van der Waals surface area contributed by atoms with E-state index in [4.69, 9.17) is 23.2 Å². The lowest BCUT2D eigenvalue weighted by atomic mass is 10.3. The first-order chi connectivity index (χ1) is 7.63. The summed E-state index contributed by atoms with van der Waals surface area (Å²) in [6.07, 6.45) is 0.689. The number of carbonyl (C=O) groups excluding carboxylic acids is 1. The van der Waals surface area contributed by atoms with E-state index in [9.17, 15) is 4.79 Å². The summed E-state index contributed by atoms with van der Waals surface area (Å²) in [6.45, 7) is 1.83. The monoisotopic (exact) mass is 254 g/mol. The lowest BCUT2D eigenvalue weighted by molar-refractivity contribution is 0.111. The lowest BCUT2D eigenvalue weighted by Crippen LogP contribution is -2.01.